The van der Waals surface area contributed by atoms with Gasteiger partial charge >= 0.3 is 12.2 Å². The highest BCUT2D eigenvalue weighted by molar-refractivity contribution is 5.99. The van der Waals surface area contributed by atoms with Crippen LogP contribution in [-0.4, -0.2) is 54.4 Å². The average molecular weight is 431 g/mol. The minimum absolute atomic E-state index is 0.115. The summed E-state index contributed by atoms with van der Waals surface area (Å²) in [6.07, 6.45) is 1.37. The lowest BCUT2D eigenvalue weighted by molar-refractivity contribution is 0.0555. The highest BCUT2D eigenvalue weighted by Crippen LogP contribution is 2.24. The lowest BCUT2D eigenvalue weighted by Gasteiger charge is -2.30. The fourth-order valence-corrected chi connectivity index (χ4v) is 2.92. The summed E-state index contributed by atoms with van der Waals surface area (Å²) < 4.78 is 10.6. The second kappa shape index (κ2) is 9.85. The normalized spacial score (nSPS) is 15.1. The monoisotopic (exact) mass is 430 g/mol. The topological polar surface area (TPSA) is 92.3 Å². The van der Waals surface area contributed by atoms with Crippen molar-refractivity contribution in [2.24, 2.45) is 4.99 Å². The van der Waals surface area contributed by atoms with Gasteiger partial charge in [-0.2, -0.15) is 0 Å². The molecule has 1 heterocycles. The number of guanidine groups is 1. The predicted molar refractivity (Wildman–Crippen MR) is 123 cm³/mol. The molecule has 2 rings (SSSR count). The quantitative estimate of drug-likeness (QED) is 0.525. The van der Waals surface area contributed by atoms with Crippen LogP contribution in [0.1, 0.15) is 53.5 Å². The molecule has 0 saturated carbocycles. The highest BCUT2D eigenvalue weighted by atomic mass is 16.6. The fourth-order valence-electron chi connectivity index (χ4n) is 2.92. The average Bonchev–Trinajstić information content (AvgIpc) is 2.65. The van der Waals surface area contributed by atoms with Crippen LogP contribution in [0.3, 0.4) is 0 Å². The number of aliphatic imine (C=N–C) groups is 1. The second-order valence-electron chi connectivity index (χ2n) is 9.30. The molecule has 1 aliphatic rings. The van der Waals surface area contributed by atoms with Gasteiger partial charge in [0.05, 0.1) is 0 Å². The number of carbonyl (C=O) groups is 2. The predicted octanol–water partition coefficient (Wildman–Crippen LogP) is 4.63. The van der Waals surface area contributed by atoms with Gasteiger partial charge in [0.2, 0.25) is 5.96 Å². The smallest absolute Gasteiger partial charge is 0.437 e. The zero-order valence-corrected chi connectivity index (χ0v) is 19.5. The van der Waals surface area contributed by atoms with E-state index in [-0.39, 0.29) is 5.96 Å². The van der Waals surface area contributed by atoms with Gasteiger partial charge in [0.15, 0.2) is 0 Å². The first kappa shape index (κ1) is 24.2. The molecule has 1 aromatic carbocycles. The Labute approximate surface area is 184 Å². The Morgan fingerprint density at radius 1 is 1.00 bits per heavy atom. The second-order valence-corrected chi connectivity index (χ2v) is 9.30. The van der Waals surface area contributed by atoms with Crippen molar-refractivity contribution in [2.75, 3.05) is 25.5 Å². The molecule has 0 unspecified atom stereocenters. The van der Waals surface area contributed by atoms with Crippen molar-refractivity contribution in [3.05, 3.63) is 35.9 Å². The van der Waals surface area contributed by atoms with Crippen LogP contribution in [0.2, 0.25) is 0 Å². The number of hydrogen-bond acceptors (Lipinski definition) is 5. The number of nitrogens with zero attached hydrogens (tertiary/aromatic N) is 2. The lowest BCUT2D eigenvalue weighted by atomic mass is 9.99. The number of ether oxygens (including phenoxy) is 2. The van der Waals surface area contributed by atoms with E-state index in [9.17, 15) is 9.59 Å². The van der Waals surface area contributed by atoms with Crippen molar-refractivity contribution < 1.29 is 19.1 Å². The third-order valence-corrected chi connectivity index (χ3v) is 4.26. The van der Waals surface area contributed by atoms with Gasteiger partial charge in [0, 0.05) is 25.8 Å². The summed E-state index contributed by atoms with van der Waals surface area (Å²) in [7, 11) is 1.88. The molecule has 2 amide bonds. The largest absolute Gasteiger partial charge is 0.444 e. The molecular weight excluding hydrogens is 396 g/mol. The van der Waals surface area contributed by atoms with Crippen molar-refractivity contribution in [3.63, 3.8) is 0 Å². The number of amides is 2. The molecule has 0 saturated heterocycles. The number of hydrogen-bond donors (Lipinski definition) is 2. The molecular formula is C23H34N4O4. The molecule has 1 aromatic rings. The number of alkyl carbamates (subject to hydrolysis) is 1. The third kappa shape index (κ3) is 8.32. The summed E-state index contributed by atoms with van der Waals surface area (Å²) in [6.45, 7) is 11.7. The molecule has 0 atom stereocenters. The van der Waals surface area contributed by atoms with Crippen LogP contribution >= 0.6 is 0 Å². The van der Waals surface area contributed by atoms with Crippen molar-refractivity contribution in [1.29, 1.82) is 0 Å². The zero-order chi connectivity index (χ0) is 23.2. The summed E-state index contributed by atoms with van der Waals surface area (Å²) in [5.74, 6) is 0.115. The van der Waals surface area contributed by atoms with Crippen LogP contribution in [0, 0.1) is 0 Å². The molecule has 8 heteroatoms. The van der Waals surface area contributed by atoms with Gasteiger partial charge in [-0.3, -0.25) is 5.32 Å². The number of nitrogens with one attached hydrogen (secondary N) is 2. The Hall–Kier alpha value is -3.03. The van der Waals surface area contributed by atoms with Crippen LogP contribution in [0.25, 0.3) is 5.57 Å². The minimum Gasteiger partial charge on any atom is -0.444 e. The van der Waals surface area contributed by atoms with Gasteiger partial charge in [-0.05, 0) is 71.2 Å². The Morgan fingerprint density at radius 3 is 2.10 bits per heavy atom. The van der Waals surface area contributed by atoms with Crippen molar-refractivity contribution in [1.82, 2.24) is 10.2 Å². The molecule has 8 nitrogen and oxygen atoms in total. The van der Waals surface area contributed by atoms with Gasteiger partial charge in [-0.1, -0.05) is 18.2 Å². The van der Waals surface area contributed by atoms with Crippen LogP contribution in [0.15, 0.2) is 35.3 Å². The maximum Gasteiger partial charge on any atom is 0.437 e. The Morgan fingerprint density at radius 2 is 1.61 bits per heavy atom. The summed E-state index contributed by atoms with van der Waals surface area (Å²) >= 11 is 0. The van der Waals surface area contributed by atoms with E-state index in [2.05, 4.69) is 33.8 Å². The van der Waals surface area contributed by atoms with E-state index >= 15 is 0 Å². The molecule has 0 aliphatic carbocycles. The van der Waals surface area contributed by atoms with E-state index in [1.807, 2.05) is 24.1 Å². The van der Waals surface area contributed by atoms with E-state index in [4.69, 9.17) is 9.47 Å². The molecule has 170 valence electrons. The van der Waals surface area contributed by atoms with Gasteiger partial charge < -0.3 is 19.7 Å². The van der Waals surface area contributed by atoms with Crippen LogP contribution in [-0.2, 0) is 9.47 Å². The summed E-state index contributed by atoms with van der Waals surface area (Å²) in [6, 6.07) is 8.20. The number of benzene rings is 1. The van der Waals surface area contributed by atoms with E-state index in [1.165, 1.54) is 5.57 Å². The fraction of sp³-hybridized carbons (Fsp3) is 0.522. The molecule has 0 bridgehead atoms. The Kier molecular flexibility index (Phi) is 7.70. The van der Waals surface area contributed by atoms with Crippen molar-refractivity contribution >= 4 is 29.4 Å². The summed E-state index contributed by atoms with van der Waals surface area (Å²) in [5.41, 5.74) is 2.04. The summed E-state index contributed by atoms with van der Waals surface area (Å²) in [5, 5.41) is 5.71. The number of rotatable bonds is 2. The Bertz CT molecular complexity index is 846. The van der Waals surface area contributed by atoms with Gasteiger partial charge in [-0.15, -0.1) is 4.99 Å². The van der Waals surface area contributed by atoms with E-state index in [0.29, 0.717) is 13.1 Å². The van der Waals surface area contributed by atoms with Crippen LogP contribution < -0.4 is 10.6 Å². The van der Waals surface area contributed by atoms with Gasteiger partial charge in [0.1, 0.15) is 11.2 Å². The van der Waals surface area contributed by atoms with E-state index < -0.39 is 23.4 Å². The Balaban J connectivity index is 2.18. The maximum absolute atomic E-state index is 12.3. The highest BCUT2D eigenvalue weighted by Gasteiger charge is 2.24. The molecule has 1 aliphatic heterocycles. The van der Waals surface area contributed by atoms with Crippen molar-refractivity contribution in [3.8, 4) is 0 Å². The van der Waals surface area contributed by atoms with Gasteiger partial charge in [-0.25, -0.2) is 9.59 Å². The van der Waals surface area contributed by atoms with Crippen LogP contribution in [0.5, 0.6) is 0 Å². The molecule has 0 aromatic heterocycles. The zero-order valence-electron chi connectivity index (χ0n) is 19.5. The first-order valence-corrected chi connectivity index (χ1v) is 10.4. The van der Waals surface area contributed by atoms with Crippen molar-refractivity contribution in [2.45, 2.75) is 59.2 Å². The molecule has 31 heavy (non-hydrogen) atoms. The summed E-state index contributed by atoms with van der Waals surface area (Å²) in [4.78, 5) is 30.4. The molecule has 0 spiro atoms. The SMILES string of the molecule is CNc1ccc(C2=CCN(C(=NC(=O)OC(C)(C)C)NC(=O)OC(C)(C)C)CC2)cc1. The van der Waals surface area contributed by atoms with E-state index in [1.54, 1.807) is 41.5 Å². The minimum atomic E-state index is -0.768. The first-order chi connectivity index (χ1) is 14.4. The van der Waals surface area contributed by atoms with Gasteiger partial charge in [0.25, 0.3) is 0 Å². The first-order valence-electron chi connectivity index (χ1n) is 10.4. The molecule has 2 N–H and O–H groups in total. The standard InChI is InChI=1S/C23H34N4O4/c1-22(2,3)30-20(28)25-19(26-21(29)31-23(4,5)6)27-14-12-17(13-15-27)16-8-10-18(24-7)11-9-16/h8-12,24H,13-15H2,1-7H3,(H,25,26,28,29). The molecule has 0 fully saturated rings. The molecule has 0 radical (unpaired) electrons. The number of carbonyl (C=O) groups excluding carboxylic acids is 2. The maximum atomic E-state index is 12.3. The van der Waals surface area contributed by atoms with E-state index in [0.717, 1.165) is 17.7 Å². The third-order valence-electron chi connectivity index (χ3n) is 4.26. The van der Waals surface area contributed by atoms with Crippen LogP contribution in [0.4, 0.5) is 15.3 Å². The lowest BCUT2D eigenvalue weighted by Crippen LogP contribution is -2.48. The number of anilines is 1.